The third-order valence-electron chi connectivity index (χ3n) is 4.60. The number of rotatable bonds is 2. The molecule has 1 fully saturated rings. The number of aliphatic hydroxyl groups excluding tert-OH is 1. The van der Waals surface area contributed by atoms with E-state index in [-0.39, 0.29) is 17.4 Å². The van der Waals surface area contributed by atoms with E-state index in [1.165, 1.54) is 16.5 Å². The summed E-state index contributed by atoms with van der Waals surface area (Å²) >= 11 is 0. The minimum atomic E-state index is -0.0430. The first kappa shape index (κ1) is 10.8. The lowest BCUT2D eigenvalue weighted by Crippen LogP contribution is -2.20. The second-order valence-corrected chi connectivity index (χ2v) is 5.97. The molecule has 1 unspecified atom stereocenters. The van der Waals surface area contributed by atoms with Gasteiger partial charge in [0.25, 0.3) is 0 Å². The summed E-state index contributed by atoms with van der Waals surface area (Å²) in [6.07, 6.45) is 3.16. The summed E-state index contributed by atoms with van der Waals surface area (Å²) in [7, 11) is 2.08. The van der Waals surface area contributed by atoms with Gasteiger partial charge in [-0.05, 0) is 28.9 Å². The maximum Gasteiger partial charge on any atom is 0.0534 e. The van der Waals surface area contributed by atoms with Crippen LogP contribution in [-0.2, 0) is 12.5 Å². The average Bonchev–Trinajstić information content (AvgIpc) is 2.67. The first-order valence-corrected chi connectivity index (χ1v) is 6.17. The van der Waals surface area contributed by atoms with Crippen molar-refractivity contribution in [2.45, 2.75) is 25.7 Å². The number of hydrogen-bond acceptors (Lipinski definition) is 1. The van der Waals surface area contributed by atoms with Gasteiger partial charge in [-0.1, -0.05) is 32.0 Å². The smallest absolute Gasteiger partial charge is 0.0534 e. The van der Waals surface area contributed by atoms with Gasteiger partial charge in [0, 0.05) is 18.7 Å². The molecule has 2 aromatic rings. The summed E-state index contributed by atoms with van der Waals surface area (Å²) in [6.45, 7) is 4.72. The molecule has 1 saturated carbocycles. The molecule has 17 heavy (non-hydrogen) atoms. The molecule has 1 aromatic heterocycles. The molecule has 1 N–H and O–H groups in total. The lowest BCUT2D eigenvalue weighted by molar-refractivity contribution is 0.232. The van der Waals surface area contributed by atoms with Crippen molar-refractivity contribution in [3.63, 3.8) is 0 Å². The van der Waals surface area contributed by atoms with Crippen LogP contribution in [0.3, 0.4) is 0 Å². The predicted molar refractivity (Wildman–Crippen MR) is 70.1 cm³/mol. The minimum absolute atomic E-state index is 0.0430. The van der Waals surface area contributed by atoms with Gasteiger partial charge in [-0.25, -0.2) is 0 Å². The molecule has 1 aliphatic carbocycles. The van der Waals surface area contributed by atoms with E-state index in [0.717, 1.165) is 6.42 Å². The van der Waals surface area contributed by atoms with Crippen LogP contribution in [0.2, 0.25) is 0 Å². The van der Waals surface area contributed by atoms with E-state index in [1.807, 2.05) is 0 Å². The molecular weight excluding hydrogens is 210 g/mol. The van der Waals surface area contributed by atoms with Crippen molar-refractivity contribution in [3.8, 4) is 0 Å². The molecule has 0 bridgehead atoms. The van der Waals surface area contributed by atoms with Gasteiger partial charge in [0.2, 0.25) is 0 Å². The zero-order valence-corrected chi connectivity index (χ0v) is 10.7. The predicted octanol–water partition coefficient (Wildman–Crippen LogP) is 2.84. The van der Waals surface area contributed by atoms with E-state index in [0.29, 0.717) is 0 Å². The van der Waals surface area contributed by atoms with Crippen LogP contribution in [0.1, 0.15) is 25.8 Å². The highest BCUT2D eigenvalue weighted by molar-refractivity contribution is 5.85. The van der Waals surface area contributed by atoms with Crippen molar-refractivity contribution in [2.75, 3.05) is 6.61 Å². The molecule has 0 aliphatic heterocycles. The van der Waals surface area contributed by atoms with Gasteiger partial charge in [-0.15, -0.1) is 0 Å². The van der Waals surface area contributed by atoms with Crippen molar-refractivity contribution in [1.82, 2.24) is 4.57 Å². The van der Waals surface area contributed by atoms with Crippen LogP contribution in [0.5, 0.6) is 0 Å². The van der Waals surface area contributed by atoms with E-state index in [4.69, 9.17) is 0 Å². The quantitative estimate of drug-likeness (QED) is 0.841. The maximum absolute atomic E-state index is 9.82. The van der Waals surface area contributed by atoms with Crippen LogP contribution in [0.25, 0.3) is 10.9 Å². The Morgan fingerprint density at radius 2 is 2.00 bits per heavy atom. The Morgan fingerprint density at radius 1 is 1.29 bits per heavy atom. The maximum atomic E-state index is 9.82. The molecule has 0 amide bonds. The van der Waals surface area contributed by atoms with Gasteiger partial charge in [-0.2, -0.15) is 0 Å². The van der Waals surface area contributed by atoms with Gasteiger partial charge in [0.05, 0.1) is 12.1 Å². The number of hydrogen-bond donors (Lipinski definition) is 1. The Labute approximate surface area is 102 Å². The molecule has 0 spiro atoms. The first-order chi connectivity index (χ1) is 8.02. The Morgan fingerprint density at radius 3 is 2.59 bits per heavy atom. The van der Waals surface area contributed by atoms with Crippen molar-refractivity contribution < 1.29 is 5.11 Å². The summed E-state index contributed by atoms with van der Waals surface area (Å²) < 4.78 is 2.16. The van der Waals surface area contributed by atoms with E-state index < -0.39 is 0 Å². The number of nitrogens with zero attached hydrogens (tertiary/aromatic N) is 1. The largest absolute Gasteiger partial charge is 0.395 e. The van der Waals surface area contributed by atoms with Crippen molar-refractivity contribution in [2.24, 2.45) is 12.5 Å². The zero-order valence-electron chi connectivity index (χ0n) is 10.7. The number of aromatic nitrogens is 1. The van der Waals surface area contributed by atoms with Crippen LogP contribution < -0.4 is 0 Å². The molecule has 0 saturated heterocycles. The number of aryl methyl sites for hydroxylation is 1. The van der Waals surface area contributed by atoms with E-state index in [9.17, 15) is 5.11 Å². The van der Waals surface area contributed by atoms with E-state index in [2.05, 4.69) is 55.9 Å². The highest BCUT2D eigenvalue weighted by Crippen LogP contribution is 2.64. The van der Waals surface area contributed by atoms with Gasteiger partial charge >= 0.3 is 0 Å². The monoisotopic (exact) mass is 229 g/mol. The second-order valence-electron chi connectivity index (χ2n) is 5.97. The number of para-hydroxylation sites is 1. The Bertz CT molecular complexity index is 582. The number of fused-ring (bicyclic) bond motifs is 1. The molecule has 90 valence electrons. The van der Waals surface area contributed by atoms with Crippen molar-refractivity contribution >= 4 is 10.9 Å². The van der Waals surface area contributed by atoms with Crippen LogP contribution in [0.15, 0.2) is 30.5 Å². The fraction of sp³-hybridized carbons (Fsp3) is 0.467. The number of aliphatic hydroxyl groups is 1. The molecule has 0 radical (unpaired) electrons. The first-order valence-electron chi connectivity index (χ1n) is 6.17. The molecule has 1 atom stereocenters. The van der Waals surface area contributed by atoms with Gasteiger partial charge in [0.15, 0.2) is 0 Å². The van der Waals surface area contributed by atoms with E-state index >= 15 is 0 Å². The third-order valence-corrected chi connectivity index (χ3v) is 4.60. The Balaban J connectivity index is 2.28. The van der Waals surface area contributed by atoms with Crippen molar-refractivity contribution in [3.05, 3.63) is 36.0 Å². The Hall–Kier alpha value is -1.28. The van der Waals surface area contributed by atoms with E-state index in [1.54, 1.807) is 0 Å². The lowest BCUT2D eigenvalue weighted by atomic mass is 9.87. The SMILES string of the molecule is Cn1ccc2cccc(C3(CO)CC3(C)C)c21. The molecule has 3 rings (SSSR count). The molecule has 2 nitrogen and oxygen atoms in total. The molecule has 1 aromatic carbocycles. The summed E-state index contributed by atoms with van der Waals surface area (Å²) in [5, 5.41) is 11.1. The fourth-order valence-corrected chi connectivity index (χ4v) is 3.27. The molecule has 1 heterocycles. The summed E-state index contributed by atoms with van der Waals surface area (Å²) in [4.78, 5) is 0. The van der Waals surface area contributed by atoms with Gasteiger partial charge in [0.1, 0.15) is 0 Å². The molecule has 2 heteroatoms. The molecular formula is C15H19NO. The topological polar surface area (TPSA) is 25.2 Å². The lowest BCUT2D eigenvalue weighted by Gasteiger charge is -2.20. The van der Waals surface area contributed by atoms with Crippen LogP contribution >= 0.6 is 0 Å². The summed E-state index contributed by atoms with van der Waals surface area (Å²) in [6, 6.07) is 8.55. The van der Waals surface area contributed by atoms with Gasteiger partial charge in [-0.3, -0.25) is 0 Å². The minimum Gasteiger partial charge on any atom is -0.395 e. The highest BCUT2D eigenvalue weighted by atomic mass is 16.3. The normalized spacial score (nSPS) is 26.4. The summed E-state index contributed by atoms with van der Waals surface area (Å²) in [5.41, 5.74) is 2.74. The summed E-state index contributed by atoms with van der Waals surface area (Å²) in [5.74, 6) is 0. The van der Waals surface area contributed by atoms with Crippen molar-refractivity contribution in [1.29, 1.82) is 0 Å². The third kappa shape index (κ3) is 1.25. The van der Waals surface area contributed by atoms with Gasteiger partial charge < -0.3 is 9.67 Å². The standard InChI is InChI=1S/C15H19NO/c1-14(2)9-15(14,10-17)12-6-4-5-11-7-8-16(3)13(11)12/h4-8,17H,9-10H2,1-3H3. The average molecular weight is 229 g/mol. The Kier molecular flexibility index (Phi) is 2.00. The van der Waals surface area contributed by atoms with Crippen LogP contribution in [0, 0.1) is 5.41 Å². The highest BCUT2D eigenvalue weighted by Gasteiger charge is 2.62. The zero-order chi connectivity index (χ0) is 12.3. The molecule has 1 aliphatic rings. The number of benzene rings is 1. The van der Waals surface area contributed by atoms with Crippen LogP contribution in [-0.4, -0.2) is 16.3 Å². The second kappa shape index (κ2) is 3.14. The van der Waals surface area contributed by atoms with Crippen LogP contribution in [0.4, 0.5) is 0 Å². The fourth-order valence-electron chi connectivity index (χ4n) is 3.27.